The number of ketones is 1. The Bertz CT molecular complexity index is 559. The summed E-state index contributed by atoms with van der Waals surface area (Å²) < 4.78 is 6.08. The van der Waals surface area contributed by atoms with Gasteiger partial charge >= 0.3 is 0 Å². The molecule has 1 aliphatic rings. The van der Waals surface area contributed by atoms with Crippen molar-refractivity contribution in [3.05, 3.63) is 21.8 Å². The zero-order chi connectivity index (χ0) is 11.8. The lowest BCUT2D eigenvalue weighted by Gasteiger charge is -1.90. The SMILES string of the molecule is O=C(Cc1nc(-c2cc(Br)cs2)no1)C1CC1. The summed E-state index contributed by atoms with van der Waals surface area (Å²) in [6.07, 6.45) is 2.29. The van der Waals surface area contributed by atoms with E-state index in [1.807, 2.05) is 11.4 Å². The number of carbonyl (C=O) groups excluding carboxylic acids is 1. The number of halogens is 1. The average Bonchev–Trinajstić information content (AvgIpc) is 2.92. The summed E-state index contributed by atoms with van der Waals surface area (Å²) in [6.45, 7) is 0. The van der Waals surface area contributed by atoms with Gasteiger partial charge in [0.25, 0.3) is 0 Å². The van der Waals surface area contributed by atoms with E-state index in [1.54, 1.807) is 0 Å². The first-order valence-electron chi connectivity index (χ1n) is 5.32. The van der Waals surface area contributed by atoms with Gasteiger partial charge in [0.05, 0.1) is 11.3 Å². The quantitative estimate of drug-likeness (QED) is 0.870. The second-order valence-electron chi connectivity index (χ2n) is 4.06. The van der Waals surface area contributed by atoms with Crippen LogP contribution in [0.2, 0.25) is 0 Å². The van der Waals surface area contributed by atoms with Crippen molar-refractivity contribution < 1.29 is 9.32 Å². The molecule has 0 unspecified atom stereocenters. The lowest BCUT2D eigenvalue weighted by atomic mass is 10.2. The van der Waals surface area contributed by atoms with E-state index in [2.05, 4.69) is 26.1 Å². The zero-order valence-electron chi connectivity index (χ0n) is 8.85. The molecule has 3 rings (SSSR count). The molecule has 0 aromatic carbocycles. The lowest BCUT2D eigenvalue weighted by Crippen LogP contribution is -2.04. The number of Topliss-reactive ketones (excluding diaryl/α,β-unsaturated/α-hetero) is 1. The fourth-order valence-electron chi connectivity index (χ4n) is 1.56. The van der Waals surface area contributed by atoms with Gasteiger partial charge in [0.15, 0.2) is 0 Å². The van der Waals surface area contributed by atoms with Gasteiger partial charge in [-0.3, -0.25) is 4.79 Å². The molecule has 6 heteroatoms. The van der Waals surface area contributed by atoms with Crippen molar-refractivity contribution in [1.29, 1.82) is 0 Å². The van der Waals surface area contributed by atoms with Gasteiger partial charge in [-0.15, -0.1) is 11.3 Å². The van der Waals surface area contributed by atoms with Gasteiger partial charge in [-0.05, 0) is 34.8 Å². The summed E-state index contributed by atoms with van der Waals surface area (Å²) in [7, 11) is 0. The molecule has 0 N–H and O–H groups in total. The van der Waals surface area contributed by atoms with Crippen LogP contribution < -0.4 is 0 Å². The Morgan fingerprint density at radius 1 is 1.59 bits per heavy atom. The molecule has 0 radical (unpaired) electrons. The van der Waals surface area contributed by atoms with Crippen LogP contribution in [0.25, 0.3) is 10.7 Å². The first-order valence-corrected chi connectivity index (χ1v) is 6.99. The highest BCUT2D eigenvalue weighted by molar-refractivity contribution is 9.10. The average molecular weight is 313 g/mol. The Kier molecular flexibility index (Phi) is 2.84. The number of carbonyl (C=O) groups is 1. The smallest absolute Gasteiger partial charge is 0.234 e. The highest BCUT2D eigenvalue weighted by Crippen LogP contribution is 2.31. The predicted molar refractivity (Wildman–Crippen MR) is 66.7 cm³/mol. The Labute approximate surface area is 110 Å². The second kappa shape index (κ2) is 4.34. The van der Waals surface area contributed by atoms with Crippen molar-refractivity contribution in [2.75, 3.05) is 0 Å². The molecule has 2 aromatic heterocycles. The third-order valence-corrected chi connectivity index (χ3v) is 4.30. The van der Waals surface area contributed by atoms with Crippen LogP contribution in [0, 0.1) is 5.92 Å². The number of rotatable bonds is 4. The van der Waals surface area contributed by atoms with Gasteiger partial charge in [0.2, 0.25) is 11.7 Å². The van der Waals surface area contributed by atoms with E-state index < -0.39 is 0 Å². The van der Waals surface area contributed by atoms with E-state index >= 15 is 0 Å². The van der Waals surface area contributed by atoms with Gasteiger partial charge in [-0.1, -0.05) is 5.16 Å². The molecular formula is C11H9BrN2O2S. The van der Waals surface area contributed by atoms with Crippen LogP contribution in [0.15, 0.2) is 20.4 Å². The van der Waals surface area contributed by atoms with E-state index in [4.69, 9.17) is 4.52 Å². The van der Waals surface area contributed by atoms with E-state index in [1.165, 1.54) is 11.3 Å². The summed E-state index contributed by atoms with van der Waals surface area (Å²) in [6, 6.07) is 1.93. The third-order valence-electron chi connectivity index (χ3n) is 2.61. The topological polar surface area (TPSA) is 56.0 Å². The maximum atomic E-state index is 11.6. The molecule has 0 saturated heterocycles. The van der Waals surface area contributed by atoms with Crippen LogP contribution in [-0.2, 0) is 11.2 Å². The van der Waals surface area contributed by atoms with Crippen LogP contribution in [0.4, 0.5) is 0 Å². The van der Waals surface area contributed by atoms with Crippen LogP contribution in [-0.4, -0.2) is 15.9 Å². The standard InChI is InChI=1S/C11H9BrN2O2S/c12-7-3-9(17-5-7)11-13-10(16-14-11)4-8(15)6-1-2-6/h3,5-6H,1-2,4H2. The second-order valence-corrected chi connectivity index (χ2v) is 5.89. The van der Waals surface area contributed by atoms with Crippen molar-refractivity contribution >= 4 is 33.0 Å². The van der Waals surface area contributed by atoms with Gasteiger partial charge in [-0.25, -0.2) is 0 Å². The number of aromatic nitrogens is 2. The maximum Gasteiger partial charge on any atom is 0.234 e. The minimum absolute atomic E-state index is 0.215. The zero-order valence-corrected chi connectivity index (χ0v) is 11.3. The summed E-state index contributed by atoms with van der Waals surface area (Å²) in [5.41, 5.74) is 0. The van der Waals surface area contributed by atoms with Crippen LogP contribution >= 0.6 is 27.3 Å². The molecule has 0 spiro atoms. The van der Waals surface area contributed by atoms with Crippen molar-refractivity contribution in [2.24, 2.45) is 5.92 Å². The fraction of sp³-hybridized carbons (Fsp3) is 0.364. The van der Waals surface area contributed by atoms with Crippen molar-refractivity contribution in [3.8, 4) is 10.7 Å². The number of hydrogen-bond donors (Lipinski definition) is 0. The molecule has 0 amide bonds. The molecule has 0 bridgehead atoms. The maximum absolute atomic E-state index is 11.6. The number of thiophene rings is 1. The summed E-state index contributed by atoms with van der Waals surface area (Å²) in [5, 5.41) is 5.84. The van der Waals surface area contributed by atoms with E-state index in [0.717, 1.165) is 22.2 Å². The molecule has 4 nitrogen and oxygen atoms in total. The molecule has 1 fully saturated rings. The molecule has 88 valence electrons. The minimum Gasteiger partial charge on any atom is -0.338 e. The largest absolute Gasteiger partial charge is 0.338 e. The van der Waals surface area contributed by atoms with Crippen molar-refractivity contribution in [1.82, 2.24) is 10.1 Å². The molecule has 0 aliphatic heterocycles. The molecule has 0 atom stereocenters. The minimum atomic E-state index is 0.215. The van der Waals surface area contributed by atoms with Gasteiger partial charge in [-0.2, -0.15) is 4.98 Å². The lowest BCUT2D eigenvalue weighted by molar-refractivity contribution is -0.119. The number of nitrogens with zero attached hydrogens (tertiary/aromatic N) is 2. The normalized spacial score (nSPS) is 15.1. The van der Waals surface area contributed by atoms with E-state index in [0.29, 0.717) is 11.7 Å². The Hall–Kier alpha value is -1.01. The Balaban J connectivity index is 1.75. The van der Waals surface area contributed by atoms with E-state index in [9.17, 15) is 4.79 Å². The first-order chi connectivity index (χ1) is 8.22. The molecule has 1 saturated carbocycles. The molecule has 1 aliphatic carbocycles. The van der Waals surface area contributed by atoms with Crippen LogP contribution in [0.5, 0.6) is 0 Å². The first kappa shape index (κ1) is 11.1. The highest BCUT2D eigenvalue weighted by Gasteiger charge is 2.30. The van der Waals surface area contributed by atoms with Crippen LogP contribution in [0.1, 0.15) is 18.7 Å². The van der Waals surface area contributed by atoms with Gasteiger partial charge in [0, 0.05) is 15.8 Å². The molecule has 17 heavy (non-hydrogen) atoms. The molecule has 2 aromatic rings. The predicted octanol–water partition coefficient (Wildman–Crippen LogP) is 3.08. The fourth-order valence-corrected chi connectivity index (χ4v) is 2.91. The van der Waals surface area contributed by atoms with Crippen LogP contribution in [0.3, 0.4) is 0 Å². The van der Waals surface area contributed by atoms with Gasteiger partial charge < -0.3 is 4.52 Å². The van der Waals surface area contributed by atoms with E-state index in [-0.39, 0.29) is 18.1 Å². The monoisotopic (exact) mass is 312 g/mol. The summed E-state index contributed by atoms with van der Waals surface area (Å²) in [5.74, 6) is 1.43. The summed E-state index contributed by atoms with van der Waals surface area (Å²) in [4.78, 5) is 16.8. The Morgan fingerprint density at radius 2 is 2.41 bits per heavy atom. The molecular weight excluding hydrogens is 304 g/mol. The van der Waals surface area contributed by atoms with Crippen molar-refractivity contribution in [2.45, 2.75) is 19.3 Å². The van der Waals surface area contributed by atoms with Crippen molar-refractivity contribution in [3.63, 3.8) is 0 Å². The third kappa shape index (κ3) is 2.47. The molecule has 2 heterocycles. The Morgan fingerprint density at radius 3 is 3.06 bits per heavy atom. The summed E-state index contributed by atoms with van der Waals surface area (Å²) >= 11 is 4.91. The number of hydrogen-bond acceptors (Lipinski definition) is 5. The van der Waals surface area contributed by atoms with Gasteiger partial charge in [0.1, 0.15) is 5.78 Å². The highest BCUT2D eigenvalue weighted by atomic mass is 79.9.